The Bertz CT molecular complexity index is 671. The third-order valence-corrected chi connectivity index (χ3v) is 4.11. The summed E-state index contributed by atoms with van der Waals surface area (Å²) in [7, 11) is 0. The molecule has 0 saturated carbocycles. The molecule has 1 N–H and O–H groups in total. The van der Waals surface area contributed by atoms with Crippen LogP contribution < -0.4 is 5.32 Å². The molecule has 2 atom stereocenters. The number of halogens is 1. The Morgan fingerprint density at radius 1 is 1.35 bits per heavy atom. The zero-order valence-corrected chi connectivity index (χ0v) is 13.1. The molecule has 2 heterocycles. The van der Waals surface area contributed by atoms with Crippen molar-refractivity contribution in [1.29, 1.82) is 0 Å². The largest absolute Gasteiger partial charge is 0.376 e. The summed E-state index contributed by atoms with van der Waals surface area (Å²) in [5, 5.41) is 6.80. The van der Waals surface area contributed by atoms with Gasteiger partial charge >= 0.3 is 0 Å². The Balaban J connectivity index is 1.86. The van der Waals surface area contributed by atoms with Crippen molar-refractivity contribution in [1.82, 2.24) is 10.5 Å². The van der Waals surface area contributed by atoms with Crippen LogP contribution in [0.4, 0.5) is 4.39 Å². The molecule has 3 rings (SSSR count). The average molecular weight is 318 g/mol. The Hall–Kier alpha value is -2.21. The van der Waals surface area contributed by atoms with Crippen molar-refractivity contribution < 1.29 is 18.4 Å². The normalized spacial score (nSPS) is 18.8. The summed E-state index contributed by atoms with van der Waals surface area (Å²) >= 11 is 0. The lowest BCUT2D eigenvalue weighted by atomic mass is 9.98. The van der Waals surface area contributed by atoms with Crippen LogP contribution in [0.1, 0.15) is 46.3 Å². The highest BCUT2D eigenvalue weighted by atomic mass is 19.1. The maximum absolute atomic E-state index is 13.2. The molecule has 1 amide bonds. The second-order valence-electron chi connectivity index (χ2n) is 5.75. The lowest BCUT2D eigenvalue weighted by Crippen LogP contribution is -2.36. The molecule has 1 aliphatic heterocycles. The van der Waals surface area contributed by atoms with Gasteiger partial charge in [-0.3, -0.25) is 4.79 Å². The summed E-state index contributed by atoms with van der Waals surface area (Å²) in [5.41, 5.74) is 1.80. The molecule has 0 aliphatic carbocycles. The first-order chi connectivity index (χ1) is 11.1. The molecule has 2 unspecified atom stereocenters. The fourth-order valence-electron chi connectivity index (χ4n) is 2.95. The van der Waals surface area contributed by atoms with Crippen LogP contribution in [0.2, 0.25) is 0 Å². The molecule has 0 radical (unpaired) electrons. The van der Waals surface area contributed by atoms with E-state index in [-0.39, 0.29) is 23.9 Å². The van der Waals surface area contributed by atoms with Crippen LogP contribution >= 0.6 is 0 Å². The molecule has 1 aromatic heterocycles. The van der Waals surface area contributed by atoms with Crippen LogP contribution in [-0.2, 0) is 4.74 Å². The van der Waals surface area contributed by atoms with E-state index in [1.54, 1.807) is 26.0 Å². The van der Waals surface area contributed by atoms with Crippen molar-refractivity contribution in [2.24, 2.45) is 0 Å². The Labute approximate surface area is 133 Å². The maximum atomic E-state index is 13.2. The molecule has 5 nitrogen and oxygen atoms in total. The highest BCUT2D eigenvalue weighted by Crippen LogP contribution is 2.28. The van der Waals surface area contributed by atoms with E-state index < -0.39 is 0 Å². The summed E-state index contributed by atoms with van der Waals surface area (Å²) in [6, 6.07) is 5.79. The van der Waals surface area contributed by atoms with Crippen molar-refractivity contribution in [2.45, 2.75) is 38.8 Å². The van der Waals surface area contributed by atoms with Gasteiger partial charge in [-0.1, -0.05) is 17.3 Å². The fourth-order valence-corrected chi connectivity index (χ4v) is 2.95. The second-order valence-corrected chi connectivity index (χ2v) is 5.75. The molecular weight excluding hydrogens is 299 g/mol. The van der Waals surface area contributed by atoms with E-state index in [9.17, 15) is 9.18 Å². The number of carbonyl (C=O) groups excluding carboxylic acids is 1. The van der Waals surface area contributed by atoms with E-state index in [4.69, 9.17) is 9.26 Å². The topological polar surface area (TPSA) is 64.4 Å². The first-order valence-electron chi connectivity index (χ1n) is 7.67. The van der Waals surface area contributed by atoms with Crippen LogP contribution in [0.5, 0.6) is 0 Å². The van der Waals surface area contributed by atoms with Gasteiger partial charge in [0.25, 0.3) is 5.91 Å². The van der Waals surface area contributed by atoms with Gasteiger partial charge in [0.05, 0.1) is 17.8 Å². The molecule has 6 heteroatoms. The monoisotopic (exact) mass is 318 g/mol. The van der Waals surface area contributed by atoms with Crippen molar-refractivity contribution in [3.8, 4) is 0 Å². The molecule has 1 aromatic carbocycles. The predicted octanol–water partition coefficient (Wildman–Crippen LogP) is 3.08. The van der Waals surface area contributed by atoms with Gasteiger partial charge in [-0.15, -0.1) is 0 Å². The predicted molar refractivity (Wildman–Crippen MR) is 81.6 cm³/mol. The standard InChI is InChI=1S/C17H19FN2O3/c1-10-15(11(2)23-20-10)17(21)19-16(14-4-3-9-22-14)12-5-7-13(18)8-6-12/h5-8,14,16H,3-4,9H2,1-2H3,(H,19,21). The van der Waals surface area contributed by atoms with E-state index >= 15 is 0 Å². The van der Waals surface area contributed by atoms with E-state index in [1.807, 2.05) is 0 Å². The summed E-state index contributed by atoms with van der Waals surface area (Å²) < 4.78 is 24.0. The number of nitrogens with one attached hydrogen (secondary N) is 1. The number of aryl methyl sites for hydroxylation is 2. The lowest BCUT2D eigenvalue weighted by Gasteiger charge is -2.24. The highest BCUT2D eigenvalue weighted by Gasteiger charge is 2.30. The zero-order valence-electron chi connectivity index (χ0n) is 13.1. The highest BCUT2D eigenvalue weighted by molar-refractivity contribution is 5.96. The van der Waals surface area contributed by atoms with Gasteiger partial charge in [-0.25, -0.2) is 4.39 Å². The van der Waals surface area contributed by atoms with Gasteiger partial charge in [0.15, 0.2) is 0 Å². The van der Waals surface area contributed by atoms with Gasteiger partial charge < -0.3 is 14.6 Å². The minimum absolute atomic E-state index is 0.120. The molecule has 2 aromatic rings. The zero-order chi connectivity index (χ0) is 16.4. The quantitative estimate of drug-likeness (QED) is 0.941. The number of benzene rings is 1. The van der Waals surface area contributed by atoms with Crippen LogP contribution in [0.25, 0.3) is 0 Å². The summed E-state index contributed by atoms with van der Waals surface area (Å²) in [6.45, 7) is 4.10. The average Bonchev–Trinajstić information content (AvgIpc) is 3.16. The van der Waals surface area contributed by atoms with Gasteiger partial charge in [-0.05, 0) is 44.4 Å². The fraction of sp³-hybridized carbons (Fsp3) is 0.412. The van der Waals surface area contributed by atoms with Gasteiger partial charge in [0.2, 0.25) is 0 Å². The number of nitrogens with zero attached hydrogens (tertiary/aromatic N) is 1. The molecule has 1 aliphatic rings. The Morgan fingerprint density at radius 3 is 2.65 bits per heavy atom. The van der Waals surface area contributed by atoms with E-state index in [0.29, 0.717) is 23.6 Å². The molecule has 23 heavy (non-hydrogen) atoms. The van der Waals surface area contributed by atoms with E-state index in [1.165, 1.54) is 12.1 Å². The first-order valence-corrected chi connectivity index (χ1v) is 7.67. The van der Waals surface area contributed by atoms with Crippen molar-refractivity contribution in [2.75, 3.05) is 6.61 Å². The Morgan fingerprint density at radius 2 is 2.09 bits per heavy atom. The van der Waals surface area contributed by atoms with Gasteiger partial charge in [0, 0.05) is 6.61 Å². The molecular formula is C17H19FN2O3. The summed E-state index contributed by atoms with van der Waals surface area (Å²) in [5.74, 6) is -0.0897. The number of hydrogen-bond acceptors (Lipinski definition) is 4. The van der Waals surface area contributed by atoms with Crippen LogP contribution in [0, 0.1) is 19.7 Å². The van der Waals surface area contributed by atoms with Gasteiger partial charge in [-0.2, -0.15) is 0 Å². The summed E-state index contributed by atoms with van der Waals surface area (Å²) in [4.78, 5) is 12.6. The molecule has 122 valence electrons. The van der Waals surface area contributed by atoms with Crippen LogP contribution in [0.15, 0.2) is 28.8 Å². The van der Waals surface area contributed by atoms with Gasteiger partial charge in [0.1, 0.15) is 17.1 Å². The third-order valence-electron chi connectivity index (χ3n) is 4.11. The lowest BCUT2D eigenvalue weighted by molar-refractivity contribution is 0.0671. The third kappa shape index (κ3) is 3.27. The van der Waals surface area contributed by atoms with Crippen molar-refractivity contribution in [3.05, 3.63) is 52.7 Å². The maximum Gasteiger partial charge on any atom is 0.257 e. The number of aromatic nitrogens is 1. The summed E-state index contributed by atoms with van der Waals surface area (Å²) in [6.07, 6.45) is 1.68. The smallest absolute Gasteiger partial charge is 0.257 e. The molecule has 1 fully saturated rings. The van der Waals surface area contributed by atoms with E-state index in [0.717, 1.165) is 18.4 Å². The Kier molecular flexibility index (Phi) is 4.43. The van der Waals surface area contributed by atoms with Crippen molar-refractivity contribution >= 4 is 5.91 Å². The number of hydrogen-bond donors (Lipinski definition) is 1. The first kappa shape index (κ1) is 15.7. The molecule has 0 bridgehead atoms. The molecule has 1 saturated heterocycles. The van der Waals surface area contributed by atoms with Crippen LogP contribution in [-0.4, -0.2) is 23.8 Å². The van der Waals surface area contributed by atoms with Crippen molar-refractivity contribution in [3.63, 3.8) is 0 Å². The number of amides is 1. The number of rotatable bonds is 4. The molecule has 0 spiro atoms. The van der Waals surface area contributed by atoms with E-state index in [2.05, 4.69) is 10.5 Å². The number of carbonyl (C=O) groups is 1. The number of ether oxygens (including phenoxy) is 1. The minimum Gasteiger partial charge on any atom is -0.376 e. The van der Waals surface area contributed by atoms with Crippen LogP contribution in [0.3, 0.4) is 0 Å². The SMILES string of the molecule is Cc1noc(C)c1C(=O)NC(c1ccc(F)cc1)C1CCCO1. The minimum atomic E-state index is -0.334. The second kappa shape index (κ2) is 6.50.